The molecule has 2 N–H and O–H groups in total. The number of rotatable bonds is 9. The summed E-state index contributed by atoms with van der Waals surface area (Å²) in [7, 11) is 1.80. The van der Waals surface area contributed by atoms with Crippen LogP contribution in [0, 0.1) is 5.92 Å². The lowest BCUT2D eigenvalue weighted by molar-refractivity contribution is 0.129. The molecule has 0 aromatic rings. The van der Waals surface area contributed by atoms with Crippen molar-refractivity contribution in [3.8, 4) is 0 Å². The van der Waals surface area contributed by atoms with Gasteiger partial charge in [-0.1, -0.05) is 27.2 Å². The van der Waals surface area contributed by atoms with Crippen molar-refractivity contribution in [3.63, 3.8) is 0 Å². The van der Waals surface area contributed by atoms with Gasteiger partial charge in [0.15, 0.2) is 5.96 Å². The van der Waals surface area contributed by atoms with Crippen LogP contribution in [-0.2, 0) is 4.74 Å². The summed E-state index contributed by atoms with van der Waals surface area (Å²) in [6, 6.07) is 0. The molecular formula is C13H30IN3O. The van der Waals surface area contributed by atoms with E-state index in [9.17, 15) is 0 Å². The topological polar surface area (TPSA) is 45.6 Å². The van der Waals surface area contributed by atoms with Gasteiger partial charge in [0.2, 0.25) is 0 Å². The van der Waals surface area contributed by atoms with Gasteiger partial charge >= 0.3 is 0 Å². The first-order chi connectivity index (χ1) is 8.20. The summed E-state index contributed by atoms with van der Waals surface area (Å²) >= 11 is 0. The van der Waals surface area contributed by atoms with Crippen LogP contribution in [0.15, 0.2) is 4.99 Å². The molecule has 110 valence electrons. The first kappa shape index (κ1) is 20.3. The van der Waals surface area contributed by atoms with E-state index >= 15 is 0 Å². The van der Waals surface area contributed by atoms with Crippen LogP contribution in [0.2, 0.25) is 0 Å². The third-order valence-electron chi connectivity index (χ3n) is 2.30. The summed E-state index contributed by atoms with van der Waals surface area (Å²) in [5.41, 5.74) is 0. The van der Waals surface area contributed by atoms with E-state index in [-0.39, 0.29) is 24.0 Å². The third kappa shape index (κ3) is 14.0. The minimum atomic E-state index is 0. The Bertz CT molecular complexity index is 199. The van der Waals surface area contributed by atoms with E-state index in [1.165, 1.54) is 6.42 Å². The number of halogens is 1. The minimum absolute atomic E-state index is 0. The average molecular weight is 371 g/mol. The van der Waals surface area contributed by atoms with Crippen LogP contribution in [-0.4, -0.2) is 39.3 Å². The number of ether oxygens (including phenoxy) is 1. The molecule has 0 saturated heterocycles. The molecule has 5 heteroatoms. The van der Waals surface area contributed by atoms with Crippen LogP contribution in [0.25, 0.3) is 0 Å². The first-order valence-corrected chi connectivity index (χ1v) is 6.73. The second-order valence-electron chi connectivity index (χ2n) is 4.59. The molecule has 4 nitrogen and oxygen atoms in total. The van der Waals surface area contributed by atoms with Crippen molar-refractivity contribution < 1.29 is 4.74 Å². The Balaban J connectivity index is 0. The predicted molar refractivity (Wildman–Crippen MR) is 90.0 cm³/mol. The second-order valence-corrected chi connectivity index (χ2v) is 4.59. The number of unbranched alkanes of at least 4 members (excludes halogenated alkanes) is 1. The summed E-state index contributed by atoms with van der Waals surface area (Å²) in [6.07, 6.45) is 3.38. The Morgan fingerprint density at radius 3 is 2.39 bits per heavy atom. The zero-order valence-electron chi connectivity index (χ0n) is 12.3. The van der Waals surface area contributed by atoms with Gasteiger partial charge in [-0.3, -0.25) is 4.99 Å². The third-order valence-corrected chi connectivity index (χ3v) is 2.30. The SMILES string of the molecule is CCCCOCCCNC(=NC)NCC(C)C.I. The first-order valence-electron chi connectivity index (χ1n) is 6.73. The molecule has 0 atom stereocenters. The largest absolute Gasteiger partial charge is 0.381 e. The van der Waals surface area contributed by atoms with Crippen molar-refractivity contribution >= 4 is 29.9 Å². The molecule has 0 saturated carbocycles. The highest BCUT2D eigenvalue weighted by atomic mass is 127. The molecule has 0 radical (unpaired) electrons. The maximum atomic E-state index is 5.49. The van der Waals surface area contributed by atoms with Gasteiger partial charge in [-0.25, -0.2) is 0 Å². The van der Waals surface area contributed by atoms with Crippen LogP contribution >= 0.6 is 24.0 Å². The molecule has 0 fully saturated rings. The monoisotopic (exact) mass is 371 g/mol. The molecule has 0 unspecified atom stereocenters. The molecule has 0 aromatic heterocycles. The Morgan fingerprint density at radius 1 is 1.17 bits per heavy atom. The van der Waals surface area contributed by atoms with E-state index in [0.29, 0.717) is 5.92 Å². The van der Waals surface area contributed by atoms with Gasteiger partial charge in [0.1, 0.15) is 0 Å². The fourth-order valence-electron chi connectivity index (χ4n) is 1.25. The van der Waals surface area contributed by atoms with E-state index in [0.717, 1.165) is 45.1 Å². The van der Waals surface area contributed by atoms with Crippen LogP contribution in [0.1, 0.15) is 40.0 Å². The molecule has 0 aliphatic carbocycles. The molecular weight excluding hydrogens is 341 g/mol. The molecule has 0 aliphatic heterocycles. The van der Waals surface area contributed by atoms with Crippen molar-refractivity contribution in [2.45, 2.75) is 40.0 Å². The Hall–Kier alpha value is -0.0400. The lowest BCUT2D eigenvalue weighted by atomic mass is 10.2. The zero-order valence-corrected chi connectivity index (χ0v) is 14.6. The summed E-state index contributed by atoms with van der Waals surface area (Å²) in [5.74, 6) is 1.51. The van der Waals surface area contributed by atoms with Crippen molar-refractivity contribution in [1.82, 2.24) is 10.6 Å². The van der Waals surface area contributed by atoms with Gasteiger partial charge in [0.25, 0.3) is 0 Å². The Kier molecular flexibility index (Phi) is 16.9. The second kappa shape index (κ2) is 15.0. The standard InChI is InChI=1S/C13H29N3O.HI/c1-5-6-9-17-10-7-8-15-13(14-4)16-11-12(2)3;/h12H,5-11H2,1-4H3,(H2,14,15,16);1H. The van der Waals surface area contributed by atoms with E-state index in [1.54, 1.807) is 7.05 Å². The number of aliphatic imine (C=N–C) groups is 1. The average Bonchev–Trinajstić information content (AvgIpc) is 2.31. The maximum absolute atomic E-state index is 5.49. The van der Waals surface area contributed by atoms with Gasteiger partial charge in [-0.2, -0.15) is 0 Å². The minimum Gasteiger partial charge on any atom is -0.381 e. The smallest absolute Gasteiger partial charge is 0.190 e. The van der Waals surface area contributed by atoms with Crippen LogP contribution in [0.4, 0.5) is 0 Å². The maximum Gasteiger partial charge on any atom is 0.190 e. The number of nitrogens with zero attached hydrogens (tertiary/aromatic N) is 1. The van der Waals surface area contributed by atoms with Gasteiger partial charge in [-0.05, 0) is 18.8 Å². The lowest BCUT2D eigenvalue weighted by Gasteiger charge is -2.13. The molecule has 0 aromatic carbocycles. The van der Waals surface area contributed by atoms with Crippen LogP contribution < -0.4 is 10.6 Å². The molecule has 0 spiro atoms. The summed E-state index contributed by atoms with van der Waals surface area (Å²) in [6.45, 7) is 10.1. The molecule has 0 bridgehead atoms. The van der Waals surface area contributed by atoms with Crippen molar-refractivity contribution in [3.05, 3.63) is 0 Å². The molecule has 0 rings (SSSR count). The Labute approximate surface area is 129 Å². The molecule has 18 heavy (non-hydrogen) atoms. The van der Waals surface area contributed by atoms with Crippen molar-refractivity contribution in [2.24, 2.45) is 10.9 Å². The van der Waals surface area contributed by atoms with Gasteiger partial charge in [0.05, 0.1) is 0 Å². The van der Waals surface area contributed by atoms with Gasteiger partial charge < -0.3 is 15.4 Å². The van der Waals surface area contributed by atoms with E-state index < -0.39 is 0 Å². The summed E-state index contributed by atoms with van der Waals surface area (Å²) < 4.78 is 5.49. The predicted octanol–water partition coefficient (Wildman–Crippen LogP) is 2.63. The summed E-state index contributed by atoms with van der Waals surface area (Å²) in [4.78, 5) is 4.16. The highest BCUT2D eigenvalue weighted by molar-refractivity contribution is 14.0. The van der Waals surface area contributed by atoms with Gasteiger partial charge in [-0.15, -0.1) is 24.0 Å². The molecule has 0 amide bonds. The van der Waals surface area contributed by atoms with Crippen molar-refractivity contribution in [2.75, 3.05) is 33.4 Å². The number of guanidine groups is 1. The number of nitrogens with one attached hydrogen (secondary N) is 2. The zero-order chi connectivity index (χ0) is 12.9. The van der Waals surface area contributed by atoms with E-state index in [4.69, 9.17) is 4.74 Å². The van der Waals surface area contributed by atoms with Crippen molar-refractivity contribution in [1.29, 1.82) is 0 Å². The normalized spacial score (nSPS) is 11.3. The highest BCUT2D eigenvalue weighted by Gasteiger charge is 1.98. The quantitative estimate of drug-likeness (QED) is 0.284. The molecule has 0 heterocycles. The van der Waals surface area contributed by atoms with Crippen LogP contribution in [0.5, 0.6) is 0 Å². The number of hydrogen-bond acceptors (Lipinski definition) is 2. The lowest BCUT2D eigenvalue weighted by Crippen LogP contribution is -2.39. The fraction of sp³-hybridized carbons (Fsp3) is 0.923. The Morgan fingerprint density at radius 2 is 1.83 bits per heavy atom. The van der Waals surface area contributed by atoms with E-state index in [1.807, 2.05) is 0 Å². The van der Waals surface area contributed by atoms with Gasteiger partial charge in [0, 0.05) is 33.4 Å². The fourth-order valence-corrected chi connectivity index (χ4v) is 1.25. The molecule has 0 aliphatic rings. The highest BCUT2D eigenvalue weighted by Crippen LogP contribution is 1.89. The van der Waals surface area contributed by atoms with E-state index in [2.05, 4.69) is 36.4 Å². The van der Waals surface area contributed by atoms with Crippen LogP contribution in [0.3, 0.4) is 0 Å². The number of hydrogen-bond donors (Lipinski definition) is 2. The summed E-state index contributed by atoms with van der Waals surface area (Å²) in [5, 5.41) is 6.55.